The Hall–Kier alpha value is -1.98. The summed E-state index contributed by atoms with van der Waals surface area (Å²) in [5, 5.41) is 8.53. The van der Waals surface area contributed by atoms with E-state index in [1.165, 1.54) is 24.0 Å². The Bertz CT molecular complexity index is 739. The van der Waals surface area contributed by atoms with Gasteiger partial charge < -0.3 is 4.52 Å². The molecule has 0 aliphatic carbocycles. The van der Waals surface area contributed by atoms with E-state index in [2.05, 4.69) is 44.0 Å². The smallest absolute Gasteiger partial charge is 0.240 e. The third-order valence-electron chi connectivity index (χ3n) is 4.35. The van der Waals surface area contributed by atoms with Crippen molar-refractivity contribution in [2.45, 2.75) is 31.8 Å². The molecule has 5 heteroatoms. The van der Waals surface area contributed by atoms with Crippen LogP contribution in [-0.4, -0.2) is 21.6 Å². The fraction of sp³-hybridized carbons (Fsp3) is 0.333. The maximum absolute atomic E-state index is 5.46. The van der Waals surface area contributed by atoms with Crippen molar-refractivity contribution in [2.75, 3.05) is 6.54 Å². The fourth-order valence-corrected chi connectivity index (χ4v) is 3.94. The van der Waals surface area contributed by atoms with E-state index in [4.69, 9.17) is 4.52 Å². The van der Waals surface area contributed by atoms with Crippen molar-refractivity contribution in [1.29, 1.82) is 0 Å². The Morgan fingerprint density at radius 2 is 2.13 bits per heavy atom. The van der Waals surface area contributed by atoms with Gasteiger partial charge in [0.2, 0.25) is 5.89 Å². The molecule has 0 unspecified atom stereocenters. The van der Waals surface area contributed by atoms with Gasteiger partial charge in [0.1, 0.15) is 0 Å². The predicted molar refractivity (Wildman–Crippen MR) is 90.3 cm³/mol. The van der Waals surface area contributed by atoms with Crippen molar-refractivity contribution < 1.29 is 4.52 Å². The number of likely N-dealkylation sites (tertiary alicyclic amines) is 1. The molecule has 0 radical (unpaired) electrons. The van der Waals surface area contributed by atoms with Crippen LogP contribution in [-0.2, 0) is 13.0 Å². The van der Waals surface area contributed by atoms with Crippen molar-refractivity contribution in [2.24, 2.45) is 0 Å². The molecule has 1 aliphatic rings. The number of benzene rings is 1. The number of thiophene rings is 1. The van der Waals surface area contributed by atoms with Crippen LogP contribution in [0.15, 0.2) is 51.7 Å². The Morgan fingerprint density at radius 1 is 1.22 bits per heavy atom. The molecular weight excluding hydrogens is 306 g/mol. The first-order valence-corrected chi connectivity index (χ1v) is 8.94. The topological polar surface area (TPSA) is 42.2 Å². The van der Waals surface area contributed by atoms with Gasteiger partial charge in [-0.2, -0.15) is 16.3 Å². The van der Waals surface area contributed by atoms with Crippen molar-refractivity contribution >= 4 is 11.3 Å². The number of hydrogen-bond acceptors (Lipinski definition) is 5. The number of hydrogen-bond donors (Lipinski definition) is 0. The zero-order valence-electron chi connectivity index (χ0n) is 12.9. The van der Waals surface area contributed by atoms with Gasteiger partial charge in [-0.3, -0.25) is 4.90 Å². The van der Waals surface area contributed by atoms with Crippen LogP contribution in [0.5, 0.6) is 0 Å². The number of rotatable bonds is 5. The van der Waals surface area contributed by atoms with Crippen molar-refractivity contribution in [3.8, 4) is 0 Å². The highest BCUT2D eigenvalue weighted by atomic mass is 32.1. The van der Waals surface area contributed by atoms with Crippen molar-refractivity contribution in [1.82, 2.24) is 15.0 Å². The van der Waals surface area contributed by atoms with Crippen LogP contribution in [0.3, 0.4) is 0 Å². The van der Waals surface area contributed by atoms with Crippen LogP contribution in [0.4, 0.5) is 0 Å². The third kappa shape index (κ3) is 3.35. The van der Waals surface area contributed by atoms with Crippen LogP contribution in [0.1, 0.15) is 41.7 Å². The second-order valence-electron chi connectivity index (χ2n) is 5.95. The van der Waals surface area contributed by atoms with Gasteiger partial charge >= 0.3 is 0 Å². The second-order valence-corrected chi connectivity index (χ2v) is 6.73. The molecule has 23 heavy (non-hydrogen) atoms. The maximum atomic E-state index is 5.46. The monoisotopic (exact) mass is 325 g/mol. The van der Waals surface area contributed by atoms with Crippen LogP contribution >= 0.6 is 11.3 Å². The molecule has 0 saturated carbocycles. The van der Waals surface area contributed by atoms with Gasteiger partial charge in [0.05, 0.1) is 6.54 Å². The summed E-state index contributed by atoms with van der Waals surface area (Å²) in [6, 6.07) is 13.0. The molecular formula is C18H19N3OS. The minimum absolute atomic E-state index is 0.491. The lowest BCUT2D eigenvalue weighted by atomic mass is 10.1. The van der Waals surface area contributed by atoms with Crippen LogP contribution in [0.25, 0.3) is 0 Å². The van der Waals surface area contributed by atoms with Crippen LogP contribution < -0.4 is 0 Å². The molecule has 3 aromatic rings. The average molecular weight is 325 g/mol. The SMILES string of the molecule is c1ccc(Cc2noc(CN3CCC[C@@H]3c3ccsc3)n2)cc1. The van der Waals surface area contributed by atoms with Gasteiger partial charge in [0, 0.05) is 12.5 Å². The quantitative estimate of drug-likeness (QED) is 0.709. The van der Waals surface area contributed by atoms with Crippen LogP contribution in [0, 0.1) is 0 Å². The zero-order valence-corrected chi connectivity index (χ0v) is 13.7. The standard InChI is InChI=1S/C18H19N3OS/c1-2-5-14(6-3-1)11-17-19-18(22-20-17)12-21-9-4-7-16(21)15-8-10-23-13-15/h1-3,5-6,8,10,13,16H,4,7,9,11-12H2/t16-/m1/s1. The van der Waals surface area contributed by atoms with E-state index >= 15 is 0 Å². The summed E-state index contributed by atoms with van der Waals surface area (Å²) >= 11 is 1.76. The first kappa shape index (κ1) is 14.6. The summed E-state index contributed by atoms with van der Waals surface area (Å²) in [6.07, 6.45) is 3.16. The fourth-order valence-electron chi connectivity index (χ4n) is 3.24. The molecule has 1 saturated heterocycles. The van der Waals surface area contributed by atoms with E-state index in [0.717, 1.165) is 31.2 Å². The van der Waals surface area contributed by atoms with E-state index in [1.807, 2.05) is 18.2 Å². The lowest BCUT2D eigenvalue weighted by molar-refractivity contribution is 0.212. The molecule has 0 bridgehead atoms. The van der Waals surface area contributed by atoms with Gasteiger partial charge in [-0.05, 0) is 47.3 Å². The van der Waals surface area contributed by atoms with Gasteiger partial charge in [-0.1, -0.05) is 35.5 Å². The number of nitrogens with zero attached hydrogens (tertiary/aromatic N) is 3. The molecule has 0 N–H and O–H groups in total. The molecule has 4 nitrogen and oxygen atoms in total. The summed E-state index contributed by atoms with van der Waals surface area (Å²) in [4.78, 5) is 7.01. The van der Waals surface area contributed by atoms with Gasteiger partial charge in [0.25, 0.3) is 0 Å². The van der Waals surface area contributed by atoms with E-state index in [9.17, 15) is 0 Å². The minimum atomic E-state index is 0.491. The van der Waals surface area contributed by atoms with E-state index < -0.39 is 0 Å². The Balaban J connectivity index is 1.43. The zero-order chi connectivity index (χ0) is 15.5. The van der Waals surface area contributed by atoms with Gasteiger partial charge in [0.15, 0.2) is 5.82 Å². The molecule has 118 valence electrons. The summed E-state index contributed by atoms with van der Waals surface area (Å²) < 4.78 is 5.46. The third-order valence-corrected chi connectivity index (χ3v) is 5.05. The Kier molecular flexibility index (Phi) is 4.22. The summed E-state index contributed by atoms with van der Waals surface area (Å²) in [5.41, 5.74) is 2.62. The normalized spacial score (nSPS) is 18.5. The van der Waals surface area contributed by atoms with Crippen molar-refractivity contribution in [3.63, 3.8) is 0 Å². The Labute approximate surface area is 139 Å². The highest BCUT2D eigenvalue weighted by Crippen LogP contribution is 2.33. The molecule has 4 rings (SSSR count). The van der Waals surface area contributed by atoms with Gasteiger partial charge in [-0.15, -0.1) is 0 Å². The molecule has 1 atom stereocenters. The lowest BCUT2D eigenvalue weighted by Gasteiger charge is -2.21. The van der Waals surface area contributed by atoms with E-state index in [-0.39, 0.29) is 0 Å². The second kappa shape index (κ2) is 6.64. The molecule has 1 aromatic carbocycles. The Morgan fingerprint density at radius 3 is 2.96 bits per heavy atom. The average Bonchev–Trinajstić information content (AvgIpc) is 3.30. The first-order valence-electron chi connectivity index (χ1n) is 8.00. The lowest BCUT2D eigenvalue weighted by Crippen LogP contribution is -2.22. The predicted octanol–water partition coefficient (Wildman–Crippen LogP) is 4.06. The molecule has 3 heterocycles. The van der Waals surface area contributed by atoms with E-state index in [1.54, 1.807) is 11.3 Å². The van der Waals surface area contributed by atoms with Gasteiger partial charge in [-0.25, -0.2) is 0 Å². The summed E-state index contributed by atoms with van der Waals surface area (Å²) in [5.74, 6) is 1.48. The highest BCUT2D eigenvalue weighted by molar-refractivity contribution is 7.07. The highest BCUT2D eigenvalue weighted by Gasteiger charge is 2.27. The molecule has 0 amide bonds. The number of aromatic nitrogens is 2. The largest absolute Gasteiger partial charge is 0.338 e. The van der Waals surface area contributed by atoms with E-state index in [0.29, 0.717) is 6.04 Å². The van der Waals surface area contributed by atoms with Crippen molar-refractivity contribution in [3.05, 3.63) is 70.0 Å². The first-order chi connectivity index (χ1) is 11.4. The van der Waals surface area contributed by atoms with Crippen LogP contribution in [0.2, 0.25) is 0 Å². The maximum Gasteiger partial charge on any atom is 0.240 e. The minimum Gasteiger partial charge on any atom is -0.338 e. The molecule has 2 aromatic heterocycles. The molecule has 0 spiro atoms. The summed E-state index contributed by atoms with van der Waals surface area (Å²) in [6.45, 7) is 1.83. The summed E-state index contributed by atoms with van der Waals surface area (Å²) in [7, 11) is 0. The molecule has 1 aliphatic heterocycles. The molecule has 1 fully saturated rings.